The summed E-state index contributed by atoms with van der Waals surface area (Å²) in [4.78, 5) is 23.7. The van der Waals surface area contributed by atoms with Gasteiger partial charge in [-0.1, -0.05) is 22.0 Å². The molecular formula is C15H13BrO4. The highest BCUT2D eigenvalue weighted by Gasteiger charge is 2.22. The number of ketones is 1. The maximum absolute atomic E-state index is 12.1. The molecule has 0 N–H and O–H groups in total. The van der Waals surface area contributed by atoms with Crippen molar-refractivity contribution in [2.24, 2.45) is 0 Å². The van der Waals surface area contributed by atoms with E-state index in [2.05, 4.69) is 15.9 Å². The van der Waals surface area contributed by atoms with E-state index in [1.807, 2.05) is 18.2 Å². The Labute approximate surface area is 124 Å². The molecule has 0 bridgehead atoms. The molecule has 0 saturated heterocycles. The summed E-state index contributed by atoms with van der Waals surface area (Å²) in [6.45, 7) is 1.81. The molecule has 2 aromatic carbocycles. The van der Waals surface area contributed by atoms with Crippen LogP contribution in [0.2, 0.25) is 0 Å². The molecule has 2 rings (SSSR count). The standard InChI is InChI=1S/C15H13BrO4/c1-3-20-15(18)14(17)12-7-10-6-11(16)5-4-9(10)8-13(12)19-2/h4-8H,3H2,1-2H3. The predicted octanol–water partition coefficient (Wildman–Crippen LogP) is 3.36. The van der Waals surface area contributed by atoms with Crippen LogP contribution in [0.5, 0.6) is 5.75 Å². The summed E-state index contributed by atoms with van der Waals surface area (Å²) < 4.78 is 10.8. The summed E-state index contributed by atoms with van der Waals surface area (Å²) in [6.07, 6.45) is 0. The van der Waals surface area contributed by atoms with Crippen LogP contribution in [0, 0.1) is 0 Å². The molecule has 0 fully saturated rings. The molecule has 0 aliphatic rings. The first kappa shape index (κ1) is 14.5. The summed E-state index contributed by atoms with van der Waals surface area (Å²) >= 11 is 3.38. The van der Waals surface area contributed by atoms with E-state index >= 15 is 0 Å². The number of halogens is 1. The number of hydrogen-bond acceptors (Lipinski definition) is 4. The molecule has 0 aliphatic carbocycles. The molecule has 0 aliphatic heterocycles. The van der Waals surface area contributed by atoms with Crippen molar-refractivity contribution in [2.45, 2.75) is 6.92 Å². The first-order valence-corrected chi connectivity index (χ1v) is 6.85. The van der Waals surface area contributed by atoms with Gasteiger partial charge in [-0.05, 0) is 42.0 Å². The molecule has 0 amide bonds. The van der Waals surface area contributed by atoms with Gasteiger partial charge in [0, 0.05) is 4.47 Å². The molecule has 0 heterocycles. The highest BCUT2D eigenvalue weighted by Crippen LogP contribution is 2.28. The lowest BCUT2D eigenvalue weighted by Crippen LogP contribution is -2.18. The second-order valence-corrected chi connectivity index (χ2v) is 5.01. The number of fused-ring (bicyclic) bond motifs is 1. The molecule has 5 heteroatoms. The monoisotopic (exact) mass is 336 g/mol. The first-order valence-electron chi connectivity index (χ1n) is 6.05. The van der Waals surface area contributed by atoms with Gasteiger partial charge in [0.05, 0.1) is 19.3 Å². The highest BCUT2D eigenvalue weighted by molar-refractivity contribution is 9.10. The van der Waals surface area contributed by atoms with E-state index in [1.54, 1.807) is 19.1 Å². The largest absolute Gasteiger partial charge is 0.496 e. The number of hydrogen-bond donors (Lipinski definition) is 0. The topological polar surface area (TPSA) is 52.6 Å². The Hall–Kier alpha value is -1.88. The molecule has 0 aromatic heterocycles. The van der Waals surface area contributed by atoms with E-state index in [9.17, 15) is 9.59 Å². The Morgan fingerprint density at radius 3 is 2.55 bits per heavy atom. The van der Waals surface area contributed by atoms with E-state index < -0.39 is 11.8 Å². The fourth-order valence-electron chi connectivity index (χ4n) is 1.90. The van der Waals surface area contributed by atoms with Crippen LogP contribution in [0.3, 0.4) is 0 Å². The third-order valence-corrected chi connectivity index (χ3v) is 3.32. The number of benzene rings is 2. The van der Waals surface area contributed by atoms with Gasteiger partial charge in [0.15, 0.2) is 0 Å². The number of esters is 1. The van der Waals surface area contributed by atoms with Crippen LogP contribution in [-0.4, -0.2) is 25.5 Å². The molecule has 0 saturated carbocycles. The van der Waals surface area contributed by atoms with Crippen LogP contribution in [0.1, 0.15) is 17.3 Å². The van der Waals surface area contributed by atoms with E-state index in [0.717, 1.165) is 15.2 Å². The van der Waals surface area contributed by atoms with Gasteiger partial charge in [-0.25, -0.2) is 4.79 Å². The molecule has 4 nitrogen and oxygen atoms in total. The molecular weight excluding hydrogens is 324 g/mol. The van der Waals surface area contributed by atoms with Crippen molar-refractivity contribution in [3.8, 4) is 5.75 Å². The molecule has 0 radical (unpaired) electrons. The molecule has 20 heavy (non-hydrogen) atoms. The third-order valence-electron chi connectivity index (χ3n) is 2.83. The summed E-state index contributed by atoms with van der Waals surface area (Å²) in [5, 5.41) is 1.76. The zero-order chi connectivity index (χ0) is 14.7. The minimum Gasteiger partial charge on any atom is -0.496 e. The Kier molecular flexibility index (Phi) is 4.39. The van der Waals surface area contributed by atoms with Crippen molar-refractivity contribution in [3.63, 3.8) is 0 Å². The van der Waals surface area contributed by atoms with Crippen LogP contribution in [0.25, 0.3) is 10.8 Å². The SMILES string of the molecule is CCOC(=O)C(=O)c1cc2cc(Br)ccc2cc1OC. The van der Waals surface area contributed by atoms with Crippen LogP contribution in [0.15, 0.2) is 34.8 Å². The Morgan fingerprint density at radius 1 is 1.15 bits per heavy atom. The Balaban J connectivity index is 2.56. The van der Waals surface area contributed by atoms with E-state index in [0.29, 0.717) is 5.75 Å². The van der Waals surface area contributed by atoms with Gasteiger partial charge in [0.2, 0.25) is 0 Å². The fourth-order valence-corrected chi connectivity index (χ4v) is 2.28. The number of ether oxygens (including phenoxy) is 2. The molecule has 0 atom stereocenters. The zero-order valence-corrected chi connectivity index (χ0v) is 12.7. The average molecular weight is 337 g/mol. The third kappa shape index (κ3) is 2.82. The van der Waals surface area contributed by atoms with Gasteiger partial charge in [-0.15, -0.1) is 0 Å². The van der Waals surface area contributed by atoms with Crippen LogP contribution in [-0.2, 0) is 9.53 Å². The number of Topliss-reactive ketones (excluding diaryl/α,β-unsaturated/α-hetero) is 1. The normalized spacial score (nSPS) is 10.3. The van der Waals surface area contributed by atoms with Gasteiger partial charge in [0.25, 0.3) is 5.78 Å². The van der Waals surface area contributed by atoms with E-state index in [-0.39, 0.29) is 12.2 Å². The second kappa shape index (κ2) is 6.05. The maximum atomic E-state index is 12.1. The number of carbonyl (C=O) groups excluding carboxylic acids is 2. The molecule has 0 unspecified atom stereocenters. The van der Waals surface area contributed by atoms with Gasteiger partial charge in [0.1, 0.15) is 5.75 Å². The number of rotatable bonds is 4. The molecule has 104 valence electrons. The smallest absolute Gasteiger partial charge is 0.379 e. The zero-order valence-electron chi connectivity index (χ0n) is 11.1. The van der Waals surface area contributed by atoms with E-state index in [1.165, 1.54) is 7.11 Å². The highest BCUT2D eigenvalue weighted by atomic mass is 79.9. The van der Waals surface area contributed by atoms with Crippen molar-refractivity contribution < 1.29 is 19.1 Å². The lowest BCUT2D eigenvalue weighted by Gasteiger charge is -2.09. The lowest BCUT2D eigenvalue weighted by atomic mass is 10.0. The lowest BCUT2D eigenvalue weighted by molar-refractivity contribution is -0.137. The Bertz CT molecular complexity index is 679. The maximum Gasteiger partial charge on any atom is 0.379 e. The van der Waals surface area contributed by atoms with Gasteiger partial charge < -0.3 is 9.47 Å². The molecule has 2 aromatic rings. The van der Waals surface area contributed by atoms with Crippen LogP contribution >= 0.6 is 15.9 Å². The van der Waals surface area contributed by atoms with Crippen molar-refractivity contribution >= 4 is 38.5 Å². The van der Waals surface area contributed by atoms with Crippen LogP contribution < -0.4 is 4.74 Å². The first-order chi connectivity index (χ1) is 9.56. The fraction of sp³-hybridized carbons (Fsp3) is 0.200. The van der Waals surface area contributed by atoms with Gasteiger partial charge in [-0.2, -0.15) is 0 Å². The van der Waals surface area contributed by atoms with E-state index in [4.69, 9.17) is 9.47 Å². The van der Waals surface area contributed by atoms with Gasteiger partial charge in [-0.3, -0.25) is 4.79 Å². The van der Waals surface area contributed by atoms with Crippen molar-refractivity contribution in [1.82, 2.24) is 0 Å². The van der Waals surface area contributed by atoms with Crippen LogP contribution in [0.4, 0.5) is 0 Å². The predicted molar refractivity (Wildman–Crippen MR) is 79.2 cm³/mol. The summed E-state index contributed by atoms with van der Waals surface area (Å²) in [7, 11) is 1.46. The number of methoxy groups -OCH3 is 1. The minimum absolute atomic E-state index is 0.159. The quantitative estimate of drug-likeness (QED) is 0.488. The minimum atomic E-state index is -0.875. The summed E-state index contributed by atoms with van der Waals surface area (Å²) in [6, 6.07) is 9.04. The summed E-state index contributed by atoms with van der Waals surface area (Å²) in [5.74, 6) is -1.22. The van der Waals surface area contributed by atoms with Crippen molar-refractivity contribution in [2.75, 3.05) is 13.7 Å². The number of carbonyl (C=O) groups is 2. The average Bonchev–Trinajstić information content (AvgIpc) is 2.45. The van der Waals surface area contributed by atoms with Crippen molar-refractivity contribution in [1.29, 1.82) is 0 Å². The molecule has 0 spiro atoms. The van der Waals surface area contributed by atoms with Crippen molar-refractivity contribution in [3.05, 3.63) is 40.4 Å². The van der Waals surface area contributed by atoms with Gasteiger partial charge >= 0.3 is 5.97 Å². The second-order valence-electron chi connectivity index (χ2n) is 4.09. The Morgan fingerprint density at radius 2 is 1.90 bits per heavy atom. The summed E-state index contributed by atoms with van der Waals surface area (Å²) in [5.41, 5.74) is 0.205.